The van der Waals surface area contributed by atoms with E-state index in [4.69, 9.17) is 16.7 Å². The molecule has 176 valence electrons. The summed E-state index contributed by atoms with van der Waals surface area (Å²) in [5.74, 6) is -3.54. The molecule has 0 atom stereocenters. The van der Waals surface area contributed by atoms with Gasteiger partial charge in [-0.05, 0) is 56.4 Å². The topological polar surface area (TPSA) is 46.9 Å². The van der Waals surface area contributed by atoms with Crippen LogP contribution in [0.15, 0.2) is 6.07 Å². The van der Waals surface area contributed by atoms with Crippen molar-refractivity contribution >= 4 is 17.5 Å². The van der Waals surface area contributed by atoms with Crippen LogP contribution in [0.2, 0.25) is 5.02 Å². The Kier molecular flexibility index (Phi) is 7.58. The highest BCUT2D eigenvalue weighted by Gasteiger charge is 2.29. The molecule has 1 amide bonds. The van der Waals surface area contributed by atoms with Gasteiger partial charge in [0.2, 0.25) is 0 Å². The summed E-state index contributed by atoms with van der Waals surface area (Å²) < 4.78 is 44.1. The van der Waals surface area contributed by atoms with Gasteiger partial charge in [-0.2, -0.15) is 5.10 Å². The maximum Gasteiger partial charge on any atom is 0.256 e. The Morgan fingerprint density at radius 3 is 2.28 bits per heavy atom. The summed E-state index contributed by atoms with van der Waals surface area (Å²) in [6.45, 7) is 10.5. The fourth-order valence-electron chi connectivity index (χ4n) is 4.29. The third-order valence-electron chi connectivity index (χ3n) is 6.34. The van der Waals surface area contributed by atoms with Gasteiger partial charge in [-0.15, -0.1) is 0 Å². The number of halogens is 4. The second-order valence-corrected chi connectivity index (χ2v) is 9.81. The summed E-state index contributed by atoms with van der Waals surface area (Å²) in [7, 11) is 0. The minimum Gasteiger partial charge on any atom is -0.349 e. The van der Waals surface area contributed by atoms with Crippen molar-refractivity contribution in [1.82, 2.24) is 15.1 Å². The summed E-state index contributed by atoms with van der Waals surface area (Å²) in [4.78, 5) is 12.6. The first-order valence-corrected chi connectivity index (χ1v) is 11.6. The van der Waals surface area contributed by atoms with Crippen LogP contribution >= 0.6 is 11.6 Å². The number of aromatic nitrogens is 2. The molecule has 1 aromatic carbocycles. The van der Waals surface area contributed by atoms with E-state index in [0.717, 1.165) is 32.0 Å². The molecule has 4 nitrogen and oxygen atoms in total. The van der Waals surface area contributed by atoms with E-state index in [-0.39, 0.29) is 6.04 Å². The Hall–Kier alpha value is -2.02. The van der Waals surface area contributed by atoms with Gasteiger partial charge >= 0.3 is 0 Å². The zero-order chi connectivity index (χ0) is 23.7. The predicted octanol–water partition coefficient (Wildman–Crippen LogP) is 6.50. The highest BCUT2D eigenvalue weighted by Crippen LogP contribution is 2.31. The number of rotatable bonds is 6. The Balaban J connectivity index is 1.64. The molecular formula is C24H31ClF3N3O. The van der Waals surface area contributed by atoms with E-state index in [0.29, 0.717) is 30.6 Å². The zero-order valence-corrected chi connectivity index (χ0v) is 20.0. The van der Waals surface area contributed by atoms with Gasteiger partial charge in [-0.25, -0.2) is 13.2 Å². The Labute approximate surface area is 192 Å². The number of nitrogens with one attached hydrogen (secondary N) is 1. The largest absolute Gasteiger partial charge is 0.349 e. The van der Waals surface area contributed by atoms with Gasteiger partial charge in [0.05, 0.1) is 16.3 Å². The van der Waals surface area contributed by atoms with Gasteiger partial charge in [0.15, 0.2) is 11.6 Å². The molecule has 8 heteroatoms. The lowest BCUT2D eigenvalue weighted by Gasteiger charge is -2.30. The van der Waals surface area contributed by atoms with Crippen molar-refractivity contribution in [3.05, 3.63) is 51.1 Å². The number of hydrogen-bond acceptors (Lipinski definition) is 2. The molecule has 1 aromatic heterocycles. The third-order valence-corrected chi connectivity index (χ3v) is 6.69. The van der Waals surface area contributed by atoms with Gasteiger partial charge in [0.1, 0.15) is 5.82 Å². The molecule has 0 unspecified atom stereocenters. The van der Waals surface area contributed by atoms with Crippen molar-refractivity contribution in [2.75, 3.05) is 0 Å². The minimum absolute atomic E-state index is 0.170. The van der Waals surface area contributed by atoms with E-state index >= 15 is 0 Å². The van der Waals surface area contributed by atoms with Crippen LogP contribution in [-0.2, 0) is 6.54 Å². The van der Waals surface area contributed by atoms with Crippen LogP contribution in [0.4, 0.5) is 13.2 Å². The second kappa shape index (κ2) is 9.86. The quantitative estimate of drug-likeness (QED) is 0.388. The van der Waals surface area contributed by atoms with Crippen LogP contribution in [0.3, 0.4) is 0 Å². The van der Waals surface area contributed by atoms with Crippen molar-refractivity contribution in [3.63, 3.8) is 0 Å². The fourth-order valence-corrected chi connectivity index (χ4v) is 4.54. The van der Waals surface area contributed by atoms with E-state index < -0.39 is 39.5 Å². The first-order valence-electron chi connectivity index (χ1n) is 11.2. The molecule has 1 saturated carbocycles. The summed E-state index contributed by atoms with van der Waals surface area (Å²) >= 11 is 5.74. The summed E-state index contributed by atoms with van der Waals surface area (Å²) in [5.41, 5.74) is 1.13. The number of amides is 1. The molecule has 1 aliphatic rings. The smallest absolute Gasteiger partial charge is 0.256 e. The van der Waals surface area contributed by atoms with Crippen molar-refractivity contribution in [3.8, 4) is 0 Å². The van der Waals surface area contributed by atoms with Crippen LogP contribution in [0.5, 0.6) is 0 Å². The summed E-state index contributed by atoms with van der Waals surface area (Å²) in [6, 6.07) is 2.01. The number of benzene rings is 1. The Morgan fingerprint density at radius 2 is 1.72 bits per heavy atom. The van der Waals surface area contributed by atoms with Gasteiger partial charge in [-0.1, -0.05) is 39.3 Å². The van der Waals surface area contributed by atoms with Crippen LogP contribution in [-0.4, -0.2) is 21.7 Å². The lowest BCUT2D eigenvalue weighted by molar-refractivity contribution is 0.0915. The molecule has 0 spiro atoms. The van der Waals surface area contributed by atoms with Crippen molar-refractivity contribution in [1.29, 1.82) is 0 Å². The van der Waals surface area contributed by atoms with Crippen LogP contribution in [0, 0.1) is 30.3 Å². The number of nitrogens with zero attached hydrogens (tertiary/aromatic N) is 2. The maximum absolute atomic E-state index is 14.4. The summed E-state index contributed by atoms with van der Waals surface area (Å²) in [6.07, 6.45) is 3.19. The van der Waals surface area contributed by atoms with E-state index in [2.05, 4.69) is 43.8 Å². The predicted molar refractivity (Wildman–Crippen MR) is 120 cm³/mol. The molecule has 0 bridgehead atoms. The van der Waals surface area contributed by atoms with Crippen molar-refractivity contribution in [2.45, 2.75) is 84.7 Å². The second-order valence-electron chi connectivity index (χ2n) is 9.43. The van der Waals surface area contributed by atoms with Crippen LogP contribution in [0.25, 0.3) is 0 Å². The van der Waals surface area contributed by atoms with Gasteiger partial charge in [0.25, 0.3) is 5.91 Å². The minimum atomic E-state index is -1.40. The first-order chi connectivity index (χ1) is 15.0. The Morgan fingerprint density at radius 1 is 1.09 bits per heavy atom. The first kappa shape index (κ1) is 24.6. The number of hydrogen-bond donors (Lipinski definition) is 1. The molecule has 1 heterocycles. The highest BCUT2D eigenvalue weighted by atomic mass is 35.5. The molecule has 2 aromatic rings. The lowest BCUT2D eigenvalue weighted by atomic mass is 9.85. The number of carbonyl (C=O) groups is 1. The standard InChI is InChI=1S/C24H31ClF3N3O/c1-12(2)17-10-18(13(3)4)31(30-17)11-15-6-8-16(9-7-15)29-24(32)19-20(25)23(28)22(27)14(5)21(19)26/h10,12-13,15-16H,6-9,11H2,1-5H3,(H,29,32). The van der Waals surface area contributed by atoms with Crippen LogP contribution in [0.1, 0.15) is 92.5 Å². The molecule has 0 aliphatic heterocycles. The van der Waals surface area contributed by atoms with E-state index in [1.54, 1.807) is 0 Å². The lowest BCUT2D eigenvalue weighted by Crippen LogP contribution is -2.39. The fraction of sp³-hybridized carbons (Fsp3) is 0.583. The molecule has 32 heavy (non-hydrogen) atoms. The third kappa shape index (κ3) is 4.98. The monoisotopic (exact) mass is 469 g/mol. The van der Waals surface area contributed by atoms with E-state index in [1.165, 1.54) is 5.69 Å². The summed E-state index contributed by atoms with van der Waals surface area (Å²) in [5, 5.41) is 6.73. The van der Waals surface area contributed by atoms with Crippen molar-refractivity contribution < 1.29 is 18.0 Å². The number of carbonyl (C=O) groups excluding carboxylic acids is 1. The molecule has 1 aliphatic carbocycles. The van der Waals surface area contributed by atoms with Crippen LogP contribution < -0.4 is 5.32 Å². The normalized spacial score (nSPS) is 19.1. The average Bonchev–Trinajstić information content (AvgIpc) is 3.17. The maximum atomic E-state index is 14.4. The average molecular weight is 470 g/mol. The SMILES string of the molecule is Cc1c(F)c(F)c(Cl)c(C(=O)NC2CCC(Cn3nc(C(C)C)cc3C(C)C)CC2)c1F. The van der Waals surface area contributed by atoms with Gasteiger partial charge in [-0.3, -0.25) is 9.48 Å². The van der Waals surface area contributed by atoms with E-state index in [9.17, 15) is 18.0 Å². The Bertz CT molecular complexity index is 966. The molecule has 1 fully saturated rings. The molecule has 1 N–H and O–H groups in total. The van der Waals surface area contributed by atoms with Gasteiger partial charge < -0.3 is 5.32 Å². The van der Waals surface area contributed by atoms with E-state index in [1.807, 2.05) is 0 Å². The molecule has 3 rings (SSSR count). The molecule has 0 radical (unpaired) electrons. The van der Waals surface area contributed by atoms with Crippen molar-refractivity contribution in [2.24, 2.45) is 5.92 Å². The zero-order valence-electron chi connectivity index (χ0n) is 19.2. The highest BCUT2D eigenvalue weighted by molar-refractivity contribution is 6.34. The van der Waals surface area contributed by atoms with Gasteiger partial charge in [0, 0.05) is 23.8 Å². The molecule has 0 saturated heterocycles. The molecular weight excluding hydrogens is 439 g/mol.